The van der Waals surface area contributed by atoms with Crippen LogP contribution >= 0.6 is 10.7 Å². The maximum Gasteiger partial charge on any atom is 0.399 e. The highest BCUT2D eigenvalue weighted by molar-refractivity contribution is 8.13. The van der Waals surface area contributed by atoms with Gasteiger partial charge in [0.05, 0.1) is 0 Å². The van der Waals surface area contributed by atoms with Crippen molar-refractivity contribution in [3.63, 3.8) is 0 Å². The molecule has 0 spiro atoms. The zero-order chi connectivity index (χ0) is 12.6. The molecule has 1 heterocycles. The van der Waals surface area contributed by atoms with Crippen molar-refractivity contribution in [2.45, 2.75) is 11.5 Å². The van der Waals surface area contributed by atoms with E-state index in [0.717, 1.165) is 0 Å². The molecule has 0 saturated carbocycles. The summed E-state index contributed by atoms with van der Waals surface area (Å²) in [6, 6.07) is 3.90. The fourth-order valence-corrected chi connectivity index (χ4v) is 2.20. The Morgan fingerprint density at radius 2 is 2.12 bits per heavy atom. The molecule has 17 heavy (non-hydrogen) atoms. The molecule has 92 valence electrons. The smallest absolute Gasteiger partial charge is 0.399 e. The minimum atomic E-state index is -4.05. The monoisotopic (exact) mass is 283 g/mol. The third kappa shape index (κ3) is 2.47. The van der Waals surface area contributed by atoms with Crippen LogP contribution in [0.4, 0.5) is 8.78 Å². The Hall–Kier alpha value is -1.41. The number of nitrogens with zero attached hydrogens (tertiary/aromatic N) is 1. The number of hydrogen-bond acceptors (Lipinski definition) is 5. The number of rotatable bonds is 3. The Labute approximate surface area is 98.4 Å². The Bertz CT molecular complexity index is 655. The fourth-order valence-electron chi connectivity index (χ4n) is 1.22. The quantitative estimate of drug-likeness (QED) is 0.809. The van der Waals surface area contributed by atoms with Crippen molar-refractivity contribution in [3.8, 4) is 6.08 Å². The molecule has 2 aromatic rings. The standard InChI is InChI=1S/C8H4ClF2NO4S/c9-17(13,14)5-3-1-2-4-6(5)15-8(12-4)16-7(10)11/h1-3,7H. The number of alkyl halides is 2. The SMILES string of the molecule is O=S(=O)(Cl)c1cccc2nc(OC(F)F)oc12. The first-order valence-electron chi connectivity index (χ1n) is 4.17. The van der Waals surface area contributed by atoms with Crippen molar-refractivity contribution in [2.75, 3.05) is 0 Å². The zero-order valence-electron chi connectivity index (χ0n) is 7.93. The molecule has 0 aliphatic heterocycles. The average Bonchev–Trinajstić information content (AvgIpc) is 2.55. The lowest BCUT2D eigenvalue weighted by atomic mass is 10.3. The molecule has 0 radical (unpaired) electrons. The summed E-state index contributed by atoms with van der Waals surface area (Å²) in [5.74, 6) is 0. The minimum absolute atomic E-state index is 0.0578. The van der Waals surface area contributed by atoms with Gasteiger partial charge in [-0.25, -0.2) is 8.42 Å². The molecule has 0 fully saturated rings. The molecule has 9 heteroatoms. The lowest BCUT2D eigenvalue weighted by molar-refractivity contribution is -0.0664. The van der Waals surface area contributed by atoms with Gasteiger partial charge in [-0.1, -0.05) is 6.07 Å². The molecule has 0 atom stereocenters. The van der Waals surface area contributed by atoms with Gasteiger partial charge in [-0.3, -0.25) is 0 Å². The third-order valence-electron chi connectivity index (χ3n) is 1.81. The van der Waals surface area contributed by atoms with E-state index < -0.39 is 21.7 Å². The number of benzene rings is 1. The van der Waals surface area contributed by atoms with Crippen LogP contribution in [0.3, 0.4) is 0 Å². The lowest BCUT2D eigenvalue weighted by Crippen LogP contribution is -2.01. The lowest BCUT2D eigenvalue weighted by Gasteiger charge is -1.96. The number of oxazole rings is 1. The van der Waals surface area contributed by atoms with Crippen molar-refractivity contribution < 1.29 is 26.4 Å². The molecule has 0 amide bonds. The summed E-state index contributed by atoms with van der Waals surface area (Å²) in [4.78, 5) is 3.18. The largest absolute Gasteiger partial charge is 0.407 e. The Kier molecular flexibility index (Phi) is 2.92. The van der Waals surface area contributed by atoms with Crippen molar-refractivity contribution >= 4 is 30.8 Å². The number of halogens is 3. The topological polar surface area (TPSA) is 69.4 Å². The highest BCUT2D eigenvalue weighted by Crippen LogP contribution is 2.29. The third-order valence-corrected chi connectivity index (χ3v) is 3.16. The second-order valence-electron chi connectivity index (χ2n) is 2.90. The molecule has 0 aliphatic rings. The van der Waals surface area contributed by atoms with Crippen LogP contribution in [0, 0.1) is 0 Å². The first-order chi connectivity index (χ1) is 7.88. The van der Waals surface area contributed by atoms with Crippen LogP contribution in [0.2, 0.25) is 0 Å². The van der Waals surface area contributed by atoms with Gasteiger partial charge in [0.15, 0.2) is 5.58 Å². The fraction of sp³-hybridized carbons (Fsp3) is 0.125. The Balaban J connectivity index is 2.61. The summed E-state index contributed by atoms with van der Waals surface area (Å²) in [5, 5.41) is 0. The van der Waals surface area contributed by atoms with Crippen molar-refractivity contribution in [3.05, 3.63) is 18.2 Å². The van der Waals surface area contributed by atoms with E-state index in [1.165, 1.54) is 18.2 Å². The van der Waals surface area contributed by atoms with E-state index >= 15 is 0 Å². The van der Waals surface area contributed by atoms with Crippen LogP contribution in [0.15, 0.2) is 27.5 Å². The van der Waals surface area contributed by atoms with Gasteiger partial charge in [-0.2, -0.15) is 13.8 Å². The number of ether oxygens (including phenoxy) is 1. The van der Waals surface area contributed by atoms with Gasteiger partial charge in [0.25, 0.3) is 9.05 Å². The average molecular weight is 284 g/mol. The summed E-state index contributed by atoms with van der Waals surface area (Å²) in [6.07, 6.45) is -0.720. The Morgan fingerprint density at radius 1 is 1.41 bits per heavy atom. The van der Waals surface area contributed by atoms with E-state index in [1.807, 2.05) is 0 Å². The molecule has 0 saturated heterocycles. The van der Waals surface area contributed by atoms with Crippen LogP contribution in [-0.4, -0.2) is 20.0 Å². The van der Waals surface area contributed by atoms with E-state index in [0.29, 0.717) is 0 Å². The molecule has 0 unspecified atom stereocenters. The van der Waals surface area contributed by atoms with E-state index in [9.17, 15) is 17.2 Å². The summed E-state index contributed by atoms with van der Waals surface area (Å²) < 4.78 is 54.8. The van der Waals surface area contributed by atoms with Crippen LogP contribution in [0.5, 0.6) is 6.08 Å². The molecule has 2 rings (SSSR count). The van der Waals surface area contributed by atoms with Gasteiger partial charge >= 0.3 is 12.7 Å². The van der Waals surface area contributed by atoms with Gasteiger partial charge in [0.1, 0.15) is 10.4 Å². The van der Waals surface area contributed by atoms with Crippen molar-refractivity contribution in [2.24, 2.45) is 0 Å². The van der Waals surface area contributed by atoms with E-state index in [-0.39, 0.29) is 16.0 Å². The Morgan fingerprint density at radius 3 is 2.71 bits per heavy atom. The molecule has 5 nitrogen and oxygen atoms in total. The van der Waals surface area contributed by atoms with Gasteiger partial charge in [-0.05, 0) is 12.1 Å². The molecular formula is C8H4ClF2NO4S. The van der Waals surface area contributed by atoms with E-state index in [4.69, 9.17) is 15.1 Å². The number of para-hydroxylation sites is 1. The predicted octanol–water partition coefficient (Wildman–Crippen LogP) is 2.36. The first-order valence-corrected chi connectivity index (χ1v) is 6.48. The normalized spacial score (nSPS) is 12.2. The van der Waals surface area contributed by atoms with Gasteiger partial charge in [-0.15, -0.1) is 0 Å². The van der Waals surface area contributed by atoms with E-state index in [1.54, 1.807) is 0 Å². The molecule has 0 aliphatic carbocycles. The van der Waals surface area contributed by atoms with E-state index in [2.05, 4.69) is 9.72 Å². The zero-order valence-corrected chi connectivity index (χ0v) is 9.50. The van der Waals surface area contributed by atoms with Crippen LogP contribution < -0.4 is 4.74 Å². The summed E-state index contributed by atoms with van der Waals surface area (Å²) >= 11 is 0. The molecular weight excluding hydrogens is 280 g/mol. The maximum absolute atomic E-state index is 11.9. The van der Waals surface area contributed by atoms with Crippen LogP contribution in [0.25, 0.3) is 11.1 Å². The number of aromatic nitrogens is 1. The minimum Gasteiger partial charge on any atom is -0.407 e. The van der Waals surface area contributed by atoms with Crippen LogP contribution in [0.1, 0.15) is 0 Å². The number of hydrogen-bond donors (Lipinski definition) is 0. The summed E-state index contributed by atoms with van der Waals surface area (Å²) in [6.45, 7) is -3.11. The molecule has 0 bridgehead atoms. The highest BCUT2D eigenvalue weighted by atomic mass is 35.7. The highest BCUT2D eigenvalue weighted by Gasteiger charge is 2.20. The summed E-state index contributed by atoms with van der Waals surface area (Å²) in [7, 11) is 1.10. The second kappa shape index (κ2) is 4.11. The second-order valence-corrected chi connectivity index (χ2v) is 5.43. The van der Waals surface area contributed by atoms with Gasteiger partial charge in [0.2, 0.25) is 0 Å². The number of fused-ring (bicyclic) bond motifs is 1. The molecule has 0 N–H and O–H groups in total. The van der Waals surface area contributed by atoms with Gasteiger partial charge in [0, 0.05) is 10.7 Å². The van der Waals surface area contributed by atoms with Crippen molar-refractivity contribution in [1.82, 2.24) is 4.98 Å². The van der Waals surface area contributed by atoms with Gasteiger partial charge < -0.3 is 9.15 Å². The van der Waals surface area contributed by atoms with Crippen LogP contribution in [-0.2, 0) is 9.05 Å². The maximum atomic E-state index is 11.9. The molecule has 1 aromatic heterocycles. The summed E-state index contributed by atoms with van der Waals surface area (Å²) in [5.41, 5.74) is -0.166. The first kappa shape index (κ1) is 12.1. The predicted molar refractivity (Wildman–Crippen MR) is 53.7 cm³/mol. The molecule has 1 aromatic carbocycles. The van der Waals surface area contributed by atoms with Crippen molar-refractivity contribution in [1.29, 1.82) is 0 Å².